The molecule has 1 unspecified atom stereocenters. The quantitative estimate of drug-likeness (QED) is 0.603. The Balaban J connectivity index is 2.32. The summed E-state index contributed by atoms with van der Waals surface area (Å²) in [6.45, 7) is 2.32. The molecule has 0 radical (unpaired) electrons. The minimum atomic E-state index is 0.792. The summed E-state index contributed by atoms with van der Waals surface area (Å²) in [7, 11) is 0. The summed E-state index contributed by atoms with van der Waals surface area (Å²) in [5.74, 6) is 0. The Bertz CT molecular complexity index is 87.4. The van der Waals surface area contributed by atoms with Gasteiger partial charge in [0.15, 0.2) is 0 Å². The molecule has 1 aliphatic carbocycles. The molecule has 1 atom stereocenters. The molecule has 1 aliphatic rings. The molecule has 0 aromatic heterocycles. The van der Waals surface area contributed by atoms with Gasteiger partial charge in [-0.1, -0.05) is 0 Å². The van der Waals surface area contributed by atoms with E-state index in [0.717, 1.165) is 4.20 Å². The maximum absolute atomic E-state index is 2.32. The fraction of sp³-hybridized carbons (Fsp3) is 1.00. The average Bonchev–Trinajstić information content (AvgIpc) is 1.89. The zero-order valence-corrected chi connectivity index (χ0v) is 9.45. The van der Waals surface area contributed by atoms with E-state index >= 15 is 0 Å². The van der Waals surface area contributed by atoms with Gasteiger partial charge in [-0.3, -0.25) is 0 Å². The molecule has 60 valence electrons. The first kappa shape index (κ1) is 8.65. The van der Waals surface area contributed by atoms with E-state index in [9.17, 15) is 0 Å². The first-order valence-corrected chi connectivity index (χ1v) is 5.77. The van der Waals surface area contributed by atoms with Gasteiger partial charge in [-0.15, -0.1) is 0 Å². The van der Waals surface area contributed by atoms with Crippen LogP contribution in [-0.4, -0.2) is 16.9 Å². The Hall–Kier alpha value is 0.558. The van der Waals surface area contributed by atoms with Crippen LogP contribution in [0.5, 0.6) is 0 Å². The van der Waals surface area contributed by atoms with Crippen LogP contribution in [0.1, 0.15) is 51.9 Å². The van der Waals surface area contributed by atoms with Crippen molar-refractivity contribution in [1.82, 2.24) is 0 Å². The third kappa shape index (κ3) is 2.31. The molecule has 0 heterocycles. The summed E-state index contributed by atoms with van der Waals surface area (Å²) in [6.07, 6.45) is 10.4. The van der Waals surface area contributed by atoms with E-state index < -0.39 is 0 Å². The normalized spacial score (nSPS) is 24.6. The van der Waals surface area contributed by atoms with E-state index in [2.05, 4.69) is 6.92 Å². The minimum absolute atomic E-state index is 0.792. The predicted octanol–water partition coefficient (Wildman–Crippen LogP) is 2.54. The third-order valence-corrected chi connectivity index (χ3v) is 4.41. The Kier molecular flexibility index (Phi) is 3.30. The molecule has 1 rings (SSSR count). The topological polar surface area (TPSA) is 0 Å². The second-order valence-electron chi connectivity index (χ2n) is 3.67. The van der Waals surface area contributed by atoms with Crippen molar-refractivity contribution in [3.63, 3.8) is 0 Å². The molecule has 0 aromatic rings. The Morgan fingerprint density at radius 1 is 1.20 bits per heavy atom. The van der Waals surface area contributed by atoms with Gasteiger partial charge < -0.3 is 0 Å². The van der Waals surface area contributed by atoms with Crippen LogP contribution in [-0.2, 0) is 0 Å². The number of hydrogen-bond donors (Lipinski definition) is 0. The second-order valence-corrected chi connectivity index (χ2v) is 6.24. The van der Waals surface area contributed by atoms with Gasteiger partial charge in [0.25, 0.3) is 0 Å². The Morgan fingerprint density at radius 3 is 2.30 bits per heavy atom. The van der Waals surface area contributed by atoms with E-state index in [4.69, 9.17) is 0 Å². The third-order valence-electron chi connectivity index (χ3n) is 2.60. The second kappa shape index (κ2) is 3.81. The molecule has 10 heavy (non-hydrogen) atoms. The zero-order valence-electron chi connectivity index (χ0n) is 7.03. The molecule has 0 spiro atoms. The van der Waals surface area contributed by atoms with Gasteiger partial charge in [0, 0.05) is 0 Å². The van der Waals surface area contributed by atoms with Gasteiger partial charge >= 0.3 is 72.9 Å². The van der Waals surface area contributed by atoms with Crippen LogP contribution in [0.2, 0.25) is 4.20 Å². The summed E-state index contributed by atoms with van der Waals surface area (Å²) in [4.78, 5) is 0. The first-order valence-electron chi connectivity index (χ1n) is 4.56. The Labute approximate surface area is 73.3 Å². The fourth-order valence-corrected chi connectivity index (χ4v) is 3.47. The summed E-state index contributed by atoms with van der Waals surface area (Å²) >= 11 is 2.01. The summed E-state index contributed by atoms with van der Waals surface area (Å²) in [6, 6.07) is 0. The Morgan fingerprint density at radius 2 is 1.80 bits per heavy atom. The molecule has 0 aliphatic heterocycles. The van der Waals surface area contributed by atoms with Gasteiger partial charge in [-0.2, -0.15) is 0 Å². The average molecular weight is 202 g/mol. The van der Waals surface area contributed by atoms with Crippen molar-refractivity contribution < 1.29 is 0 Å². The van der Waals surface area contributed by atoms with Crippen LogP contribution in [0.15, 0.2) is 0 Å². The van der Waals surface area contributed by atoms with Gasteiger partial charge in [-0.25, -0.2) is 0 Å². The van der Waals surface area contributed by atoms with E-state index in [1.165, 1.54) is 44.9 Å². The van der Waals surface area contributed by atoms with Crippen LogP contribution in [0, 0.1) is 0 Å². The molecule has 0 bridgehead atoms. The van der Waals surface area contributed by atoms with Crippen molar-refractivity contribution >= 4 is 16.9 Å². The predicted molar refractivity (Wildman–Crippen MR) is 49.2 cm³/mol. The van der Waals surface area contributed by atoms with Crippen molar-refractivity contribution in [3.8, 4) is 0 Å². The van der Waals surface area contributed by atoms with Crippen molar-refractivity contribution in [1.29, 1.82) is 0 Å². The van der Waals surface area contributed by atoms with Crippen molar-refractivity contribution in [2.24, 2.45) is 0 Å². The molecular weight excluding hydrogens is 183 g/mol. The van der Waals surface area contributed by atoms with Crippen LogP contribution >= 0.6 is 0 Å². The van der Waals surface area contributed by atoms with Crippen molar-refractivity contribution in [2.45, 2.75) is 56.1 Å². The van der Waals surface area contributed by atoms with E-state index in [1.807, 2.05) is 16.9 Å². The van der Waals surface area contributed by atoms with Crippen LogP contribution < -0.4 is 0 Å². The molecule has 0 amide bonds. The molecule has 0 saturated heterocycles. The summed E-state index contributed by atoms with van der Waals surface area (Å²) in [5, 5.41) is 0. The van der Waals surface area contributed by atoms with E-state index in [1.54, 1.807) is 0 Å². The standard InChI is InChI=1S/C9H19As/c1-2-6-9(10)7-4-3-5-8-9/h2-8,10H2,1H3. The monoisotopic (exact) mass is 202 g/mol. The van der Waals surface area contributed by atoms with Crippen molar-refractivity contribution in [3.05, 3.63) is 0 Å². The molecule has 1 saturated carbocycles. The van der Waals surface area contributed by atoms with Gasteiger partial charge in [0.2, 0.25) is 0 Å². The summed E-state index contributed by atoms with van der Waals surface area (Å²) < 4.78 is 0.792. The van der Waals surface area contributed by atoms with Gasteiger partial charge in [0.05, 0.1) is 0 Å². The van der Waals surface area contributed by atoms with E-state index in [-0.39, 0.29) is 0 Å². The van der Waals surface area contributed by atoms with Crippen LogP contribution in [0.3, 0.4) is 0 Å². The number of hydrogen-bond acceptors (Lipinski definition) is 0. The molecule has 1 heteroatoms. The zero-order chi connectivity index (χ0) is 7.45. The van der Waals surface area contributed by atoms with E-state index in [0.29, 0.717) is 0 Å². The first-order chi connectivity index (χ1) is 4.77. The van der Waals surface area contributed by atoms with Gasteiger partial charge in [0.1, 0.15) is 0 Å². The van der Waals surface area contributed by atoms with Crippen LogP contribution in [0.4, 0.5) is 0 Å². The molecular formula is C9H19As. The molecule has 0 N–H and O–H groups in total. The van der Waals surface area contributed by atoms with Gasteiger partial charge in [-0.05, 0) is 0 Å². The summed E-state index contributed by atoms with van der Waals surface area (Å²) in [5.41, 5.74) is 0. The van der Waals surface area contributed by atoms with Crippen LogP contribution in [0.25, 0.3) is 0 Å². The SMILES string of the molecule is CCCC1([AsH2])CCCCC1. The molecule has 0 aromatic carbocycles. The molecule has 0 nitrogen and oxygen atoms in total. The van der Waals surface area contributed by atoms with Crippen molar-refractivity contribution in [2.75, 3.05) is 0 Å². The molecule has 1 fully saturated rings. The maximum atomic E-state index is 2.32. The fourth-order valence-electron chi connectivity index (χ4n) is 2.00. The number of rotatable bonds is 2.